The molecule has 0 aromatic heterocycles. The second kappa shape index (κ2) is 47.0. The van der Waals surface area contributed by atoms with E-state index in [1.807, 2.05) is 37.7 Å². The second-order valence-corrected chi connectivity index (χ2v) is 60.6. The van der Waals surface area contributed by atoms with Crippen molar-refractivity contribution >= 4 is 135 Å². The minimum absolute atomic E-state index is 0.00393. The number of nitrogens with two attached hydrogens (primary N) is 1. The topological polar surface area (TPSA) is 170 Å². The summed E-state index contributed by atoms with van der Waals surface area (Å²) in [4.78, 5) is 32.1. The van der Waals surface area contributed by atoms with Crippen LogP contribution < -0.4 is 11.1 Å². The third-order valence-corrected chi connectivity index (χ3v) is 43.3. The van der Waals surface area contributed by atoms with Crippen LogP contribution in [-0.2, 0) is 14.4 Å². The second-order valence-electron chi connectivity index (χ2n) is 13.8. The van der Waals surface area contributed by atoms with Crippen molar-refractivity contribution in [1.82, 2.24) is 5.32 Å². The molecule has 4 atom stereocenters. The van der Waals surface area contributed by atoms with Crippen molar-refractivity contribution in [2.24, 2.45) is 5.73 Å². The van der Waals surface area contributed by atoms with Gasteiger partial charge in [-0.15, -0.1) is 0 Å². The van der Waals surface area contributed by atoms with E-state index in [2.05, 4.69) is 94.3 Å². The number of aliphatic hydroxyl groups is 3. The van der Waals surface area contributed by atoms with Gasteiger partial charge in [-0.3, -0.25) is 0 Å². The van der Waals surface area contributed by atoms with Gasteiger partial charge < -0.3 is 0 Å². The van der Waals surface area contributed by atoms with Crippen molar-refractivity contribution in [3.8, 4) is 0 Å². The fraction of sp³-hybridized carbons (Fsp3) is 0.921. The first kappa shape index (κ1) is 69.0. The SMILES string of the molecule is CC(=O)CNC(=O)CS[As](C)C.CCC(O)CS[As](C)C.CCC(O)CS[As](CC)CC.CCC[As](CCC)SCC(O)CC.C[As](C)SC(C)(C)C(N)C(=O)O. The third-order valence-electron chi connectivity index (χ3n) is 6.91. The molecule has 0 aliphatic rings. The van der Waals surface area contributed by atoms with E-state index < -0.39 is 79.5 Å². The van der Waals surface area contributed by atoms with Gasteiger partial charge in [0.05, 0.1) is 0 Å². The zero-order valence-electron chi connectivity index (χ0n) is 38.6. The van der Waals surface area contributed by atoms with Crippen molar-refractivity contribution in [2.45, 2.75) is 186 Å². The molecular weight excluding hydrogens is 1130 g/mol. The van der Waals surface area contributed by atoms with E-state index in [-0.39, 0.29) is 41.3 Å². The number of ketones is 1. The summed E-state index contributed by atoms with van der Waals surface area (Å²) in [7, 11) is 9.56. The molecule has 346 valence electrons. The average molecular weight is 1220 g/mol. The Morgan fingerprint density at radius 2 is 1.04 bits per heavy atom. The normalized spacial score (nSPS) is 13.3. The summed E-state index contributed by atoms with van der Waals surface area (Å²) in [5, 5.41) is 44.7. The number of rotatable bonds is 27. The molecule has 9 nitrogen and oxygen atoms in total. The fourth-order valence-corrected chi connectivity index (χ4v) is 33.7. The summed E-state index contributed by atoms with van der Waals surface area (Å²) in [6, 6.07) is -0.765. The number of aliphatic carboxylic acids is 1. The minimum atomic E-state index is -0.914. The summed E-state index contributed by atoms with van der Waals surface area (Å²) < 4.78 is -0.338. The number of aliphatic hydroxyl groups excluding tert-OH is 3. The van der Waals surface area contributed by atoms with Gasteiger partial charge in [0.25, 0.3) is 0 Å². The Hall–Kier alpha value is 2.99. The summed E-state index contributed by atoms with van der Waals surface area (Å²) in [6.45, 7) is 20.6. The van der Waals surface area contributed by atoms with Gasteiger partial charge in [0.1, 0.15) is 0 Å². The number of carbonyl (C=O) groups excluding carboxylic acids is 2. The first-order valence-corrected chi connectivity index (χ1v) is 52.6. The van der Waals surface area contributed by atoms with E-state index in [0.717, 1.165) is 36.5 Å². The molecule has 0 rings (SSSR count). The molecule has 0 fully saturated rings. The van der Waals surface area contributed by atoms with Crippen LogP contribution in [0.2, 0.25) is 55.1 Å². The van der Waals surface area contributed by atoms with Crippen LogP contribution >= 0.6 is 50.1 Å². The molecule has 57 heavy (non-hydrogen) atoms. The Balaban J connectivity index is -0.000000199. The van der Waals surface area contributed by atoms with Crippen LogP contribution in [0.25, 0.3) is 0 Å². The fourth-order valence-electron chi connectivity index (χ4n) is 3.40. The van der Waals surface area contributed by atoms with Gasteiger partial charge >= 0.3 is 396 Å². The number of carboxylic acid groups (broad SMARTS) is 1. The van der Waals surface area contributed by atoms with Crippen molar-refractivity contribution in [3.05, 3.63) is 0 Å². The number of amides is 1. The van der Waals surface area contributed by atoms with E-state index in [9.17, 15) is 24.6 Å². The molecule has 0 heterocycles. The summed E-state index contributed by atoms with van der Waals surface area (Å²) in [5.74, 6) is 2.45. The van der Waals surface area contributed by atoms with Gasteiger partial charge in [0.15, 0.2) is 0 Å². The van der Waals surface area contributed by atoms with E-state index in [4.69, 9.17) is 15.9 Å². The molecule has 19 heteroatoms. The molecule has 0 spiro atoms. The van der Waals surface area contributed by atoms with Gasteiger partial charge in [0, 0.05) is 0 Å². The Kier molecular flexibility index (Phi) is 56.9. The maximum absolute atomic E-state index is 11.0. The molecule has 0 saturated carbocycles. The number of Topliss-reactive ketones (excluding diaryl/α,β-unsaturated/α-hetero) is 1. The zero-order valence-corrected chi connectivity index (χ0v) is 52.0. The summed E-state index contributed by atoms with van der Waals surface area (Å²) in [5.41, 5.74) is 18.8. The molecule has 0 radical (unpaired) electrons. The van der Waals surface area contributed by atoms with Crippen molar-refractivity contribution < 1.29 is 34.8 Å². The first-order chi connectivity index (χ1) is 26.4. The number of carboxylic acids is 1. The first-order valence-electron chi connectivity index (χ1n) is 20.0. The quantitative estimate of drug-likeness (QED) is 0.0431. The monoisotopic (exact) mass is 1220 g/mol. The molecule has 7 N–H and O–H groups in total. The number of nitrogens with one attached hydrogen (secondary N) is 1. The number of hydrogen-bond donors (Lipinski definition) is 6. The predicted molar refractivity (Wildman–Crippen MR) is 275 cm³/mol. The van der Waals surface area contributed by atoms with Gasteiger partial charge in [-0.05, 0) is 0 Å². The van der Waals surface area contributed by atoms with Gasteiger partial charge in [0.2, 0.25) is 0 Å². The third kappa shape index (κ3) is 55.1. The van der Waals surface area contributed by atoms with Gasteiger partial charge in [-0.2, -0.15) is 0 Å². The standard InChI is InChI=1S/C10H23AsOS.C8H19AsOS.C7H16AsNO2S.C7H14AsNO2S.C6H15AsOS/c1-4-7-11(8-5-2)13-9-10(12)6-3;1-4-8(10)7-11-9(5-2)6-3;1-7(2,12-8(3)4)5(9)6(10)11;1-6(10)4-9-7(11)5-12-8(2)3;1-4-6(8)5-9-7(2)3/h10,12H,4-9H2,1-3H3;8,10H,4-7H2,1-3H3;5H,9H2,1-4H3,(H,10,11);4-5H2,1-3H3,(H,9,11);6,8H,4-5H2,1-3H3. The molecule has 0 aromatic carbocycles. The Bertz CT molecular complexity index is 929. The van der Waals surface area contributed by atoms with Gasteiger partial charge in [-0.1, -0.05) is 0 Å². The average Bonchev–Trinajstić information content (AvgIpc) is 3.14. The van der Waals surface area contributed by atoms with Crippen molar-refractivity contribution in [2.75, 3.05) is 29.6 Å². The molecule has 0 bridgehead atoms. The molecular formula is C38H87As5N2O7S5. The van der Waals surface area contributed by atoms with Crippen LogP contribution in [0.5, 0.6) is 0 Å². The zero-order chi connectivity index (χ0) is 45.6. The van der Waals surface area contributed by atoms with E-state index in [1.165, 1.54) is 40.6 Å². The molecule has 1 amide bonds. The van der Waals surface area contributed by atoms with Crippen LogP contribution in [0, 0.1) is 0 Å². The van der Waals surface area contributed by atoms with Crippen LogP contribution in [-0.4, -0.2) is 164 Å². The van der Waals surface area contributed by atoms with Crippen molar-refractivity contribution in [3.63, 3.8) is 0 Å². The molecule has 0 saturated heterocycles. The Labute approximate surface area is 391 Å². The molecule has 4 unspecified atom stereocenters. The van der Waals surface area contributed by atoms with Crippen molar-refractivity contribution in [1.29, 1.82) is 0 Å². The van der Waals surface area contributed by atoms with Crippen LogP contribution in [0.15, 0.2) is 0 Å². The number of carbonyl (C=O) groups is 3. The van der Waals surface area contributed by atoms with E-state index >= 15 is 0 Å². The summed E-state index contributed by atoms with van der Waals surface area (Å²) >= 11 is -3.37. The van der Waals surface area contributed by atoms with Gasteiger partial charge in [-0.25, -0.2) is 0 Å². The van der Waals surface area contributed by atoms with Crippen LogP contribution in [0.1, 0.15) is 101 Å². The Morgan fingerprint density at radius 3 is 1.33 bits per heavy atom. The molecule has 0 aromatic rings. The number of hydrogen-bond acceptors (Lipinski definition) is 12. The van der Waals surface area contributed by atoms with Crippen LogP contribution in [0.4, 0.5) is 0 Å². The summed E-state index contributed by atoms with van der Waals surface area (Å²) in [6.07, 6.45) is 5.19. The Morgan fingerprint density at radius 1 is 0.649 bits per heavy atom. The van der Waals surface area contributed by atoms with Crippen LogP contribution in [0.3, 0.4) is 0 Å². The molecule has 0 aliphatic heterocycles. The van der Waals surface area contributed by atoms with E-state index in [1.54, 1.807) is 20.0 Å². The maximum atomic E-state index is 11.0. The van der Waals surface area contributed by atoms with E-state index in [0.29, 0.717) is 5.75 Å². The predicted octanol–water partition coefficient (Wildman–Crippen LogP) is 9.40. The molecule has 0 aliphatic carbocycles.